The summed E-state index contributed by atoms with van der Waals surface area (Å²) in [6, 6.07) is 8.99. The fourth-order valence-corrected chi connectivity index (χ4v) is 2.27. The summed E-state index contributed by atoms with van der Waals surface area (Å²) in [7, 11) is 2.21. The summed E-state index contributed by atoms with van der Waals surface area (Å²) < 4.78 is 0. The van der Waals surface area contributed by atoms with Gasteiger partial charge in [0.2, 0.25) is 0 Å². The van der Waals surface area contributed by atoms with Gasteiger partial charge in [-0.1, -0.05) is 43.7 Å². The van der Waals surface area contributed by atoms with Crippen LogP contribution in [0.5, 0.6) is 0 Å². The molecule has 0 atom stereocenters. The van der Waals surface area contributed by atoms with Crippen molar-refractivity contribution in [3.8, 4) is 0 Å². The van der Waals surface area contributed by atoms with E-state index in [-0.39, 0.29) is 0 Å². The molecule has 1 heteroatoms. The van der Waals surface area contributed by atoms with Gasteiger partial charge in [-0.2, -0.15) is 0 Å². The van der Waals surface area contributed by atoms with E-state index >= 15 is 0 Å². The molecule has 0 bridgehead atoms. The van der Waals surface area contributed by atoms with E-state index in [1.54, 1.807) is 0 Å². The van der Waals surface area contributed by atoms with Crippen LogP contribution in [-0.4, -0.2) is 25.0 Å². The molecule has 1 saturated heterocycles. The molecule has 0 saturated carbocycles. The van der Waals surface area contributed by atoms with Gasteiger partial charge in [-0.15, -0.1) is 0 Å². The summed E-state index contributed by atoms with van der Waals surface area (Å²) in [5.41, 5.74) is 2.93. The first-order valence-electron chi connectivity index (χ1n) is 6.51. The molecule has 90 valence electrons. The van der Waals surface area contributed by atoms with Gasteiger partial charge in [0.25, 0.3) is 0 Å². The lowest BCUT2D eigenvalue weighted by molar-refractivity contribution is 0.255. The molecular weight excluding hydrogens is 194 g/mol. The lowest BCUT2D eigenvalue weighted by Gasteiger charge is -2.29. The number of nitrogens with zero attached hydrogens (tertiary/aromatic N) is 1. The number of likely N-dealkylation sites (tertiary alicyclic amines) is 1. The summed E-state index contributed by atoms with van der Waals surface area (Å²) in [4.78, 5) is 2.42. The third-order valence-corrected chi connectivity index (χ3v) is 3.23. The second-order valence-electron chi connectivity index (χ2n) is 4.49. The fraction of sp³-hybridized carbons (Fsp3) is 0.600. The molecule has 1 aromatic rings. The Hall–Kier alpha value is -0.820. The maximum atomic E-state index is 2.42. The van der Waals surface area contributed by atoms with Gasteiger partial charge in [-0.25, -0.2) is 0 Å². The Morgan fingerprint density at radius 1 is 1.12 bits per heavy atom. The highest BCUT2D eigenvalue weighted by Crippen LogP contribution is 2.27. The Morgan fingerprint density at radius 2 is 1.75 bits per heavy atom. The minimum Gasteiger partial charge on any atom is -0.306 e. The van der Waals surface area contributed by atoms with E-state index in [9.17, 15) is 0 Å². The maximum Gasteiger partial charge on any atom is -0.00159 e. The Bertz CT molecular complexity index is 298. The van der Waals surface area contributed by atoms with Crippen molar-refractivity contribution >= 4 is 0 Å². The molecule has 2 rings (SSSR count). The SMILES string of the molecule is CC.Cc1cccc(C2CCN(C)CC2)c1. The normalized spacial score (nSPS) is 17.8. The summed E-state index contributed by atoms with van der Waals surface area (Å²) in [5, 5.41) is 0. The van der Waals surface area contributed by atoms with Crippen LogP contribution < -0.4 is 0 Å². The monoisotopic (exact) mass is 219 g/mol. The molecular formula is C15H25N. The van der Waals surface area contributed by atoms with E-state index in [1.807, 2.05) is 13.8 Å². The number of hydrogen-bond acceptors (Lipinski definition) is 1. The highest BCUT2D eigenvalue weighted by Gasteiger charge is 2.17. The number of rotatable bonds is 1. The van der Waals surface area contributed by atoms with Crippen LogP contribution in [0, 0.1) is 6.92 Å². The van der Waals surface area contributed by atoms with Gasteiger partial charge in [0.1, 0.15) is 0 Å². The predicted octanol–water partition coefficient (Wildman–Crippen LogP) is 3.83. The molecule has 1 heterocycles. The van der Waals surface area contributed by atoms with E-state index in [0.29, 0.717) is 0 Å². The van der Waals surface area contributed by atoms with Gasteiger partial charge in [-0.05, 0) is 51.4 Å². The predicted molar refractivity (Wildman–Crippen MR) is 72.0 cm³/mol. The lowest BCUT2D eigenvalue weighted by Crippen LogP contribution is -2.29. The van der Waals surface area contributed by atoms with Crippen LogP contribution in [0.15, 0.2) is 24.3 Å². The van der Waals surface area contributed by atoms with Crippen LogP contribution in [0.2, 0.25) is 0 Å². The molecule has 0 spiro atoms. The first kappa shape index (κ1) is 13.2. The minimum absolute atomic E-state index is 0.797. The summed E-state index contributed by atoms with van der Waals surface area (Å²) in [5.74, 6) is 0.797. The average molecular weight is 219 g/mol. The van der Waals surface area contributed by atoms with Gasteiger partial charge in [0, 0.05) is 0 Å². The Balaban J connectivity index is 0.000000606. The van der Waals surface area contributed by atoms with E-state index < -0.39 is 0 Å². The van der Waals surface area contributed by atoms with Crippen molar-refractivity contribution in [1.82, 2.24) is 4.90 Å². The van der Waals surface area contributed by atoms with Crippen molar-refractivity contribution < 1.29 is 0 Å². The summed E-state index contributed by atoms with van der Waals surface area (Å²) >= 11 is 0. The van der Waals surface area contributed by atoms with E-state index in [1.165, 1.54) is 37.1 Å². The van der Waals surface area contributed by atoms with Crippen LogP contribution in [0.3, 0.4) is 0 Å². The zero-order valence-electron chi connectivity index (χ0n) is 11.2. The molecule has 0 amide bonds. The van der Waals surface area contributed by atoms with Crippen LogP contribution in [0.4, 0.5) is 0 Å². The quantitative estimate of drug-likeness (QED) is 0.694. The first-order chi connectivity index (χ1) is 7.75. The zero-order chi connectivity index (χ0) is 12.0. The Kier molecular flexibility index (Phi) is 5.54. The van der Waals surface area contributed by atoms with Crippen LogP contribution >= 0.6 is 0 Å². The smallest absolute Gasteiger partial charge is 0.00159 e. The van der Waals surface area contributed by atoms with Crippen LogP contribution in [0.1, 0.15) is 43.7 Å². The lowest BCUT2D eigenvalue weighted by atomic mass is 9.89. The van der Waals surface area contributed by atoms with Crippen molar-refractivity contribution in [2.75, 3.05) is 20.1 Å². The number of aryl methyl sites for hydroxylation is 1. The molecule has 1 aliphatic rings. The molecule has 1 fully saturated rings. The van der Waals surface area contributed by atoms with Crippen molar-refractivity contribution in [2.24, 2.45) is 0 Å². The summed E-state index contributed by atoms with van der Waals surface area (Å²) in [6.07, 6.45) is 2.64. The number of piperidine rings is 1. The highest BCUT2D eigenvalue weighted by molar-refractivity contribution is 5.25. The molecule has 0 aliphatic carbocycles. The third-order valence-electron chi connectivity index (χ3n) is 3.23. The van der Waals surface area contributed by atoms with E-state index in [0.717, 1.165) is 5.92 Å². The van der Waals surface area contributed by atoms with Gasteiger partial charge in [-0.3, -0.25) is 0 Å². The van der Waals surface area contributed by atoms with Crippen molar-refractivity contribution in [3.05, 3.63) is 35.4 Å². The molecule has 0 radical (unpaired) electrons. The fourth-order valence-electron chi connectivity index (χ4n) is 2.27. The number of hydrogen-bond donors (Lipinski definition) is 0. The minimum atomic E-state index is 0.797. The summed E-state index contributed by atoms with van der Waals surface area (Å²) in [6.45, 7) is 8.68. The average Bonchev–Trinajstić information content (AvgIpc) is 2.32. The highest BCUT2D eigenvalue weighted by atomic mass is 15.1. The molecule has 16 heavy (non-hydrogen) atoms. The van der Waals surface area contributed by atoms with Gasteiger partial charge >= 0.3 is 0 Å². The molecule has 1 aromatic carbocycles. The molecule has 1 nitrogen and oxygen atoms in total. The Morgan fingerprint density at radius 3 is 2.31 bits per heavy atom. The molecule has 0 unspecified atom stereocenters. The molecule has 0 N–H and O–H groups in total. The second kappa shape index (κ2) is 6.70. The van der Waals surface area contributed by atoms with E-state index in [2.05, 4.69) is 43.1 Å². The topological polar surface area (TPSA) is 3.24 Å². The first-order valence-corrected chi connectivity index (χ1v) is 6.51. The second-order valence-corrected chi connectivity index (χ2v) is 4.49. The standard InChI is InChI=1S/C13H19N.C2H6/c1-11-4-3-5-13(10-11)12-6-8-14(2)9-7-12;1-2/h3-5,10,12H,6-9H2,1-2H3;1-2H3. The van der Waals surface area contributed by atoms with Gasteiger partial charge in [0.15, 0.2) is 0 Å². The van der Waals surface area contributed by atoms with Crippen LogP contribution in [-0.2, 0) is 0 Å². The number of benzene rings is 1. The maximum absolute atomic E-state index is 2.42. The van der Waals surface area contributed by atoms with Crippen molar-refractivity contribution in [3.63, 3.8) is 0 Å². The van der Waals surface area contributed by atoms with Gasteiger partial charge in [0.05, 0.1) is 0 Å². The third kappa shape index (κ3) is 3.64. The van der Waals surface area contributed by atoms with Crippen molar-refractivity contribution in [2.45, 2.75) is 39.5 Å². The van der Waals surface area contributed by atoms with Gasteiger partial charge < -0.3 is 4.90 Å². The molecule has 0 aromatic heterocycles. The van der Waals surface area contributed by atoms with Crippen LogP contribution in [0.25, 0.3) is 0 Å². The van der Waals surface area contributed by atoms with Crippen molar-refractivity contribution in [1.29, 1.82) is 0 Å². The van der Waals surface area contributed by atoms with E-state index in [4.69, 9.17) is 0 Å². The zero-order valence-corrected chi connectivity index (χ0v) is 11.2. The largest absolute Gasteiger partial charge is 0.306 e. The Labute approximate surface area is 100 Å². The molecule has 1 aliphatic heterocycles.